The van der Waals surface area contributed by atoms with Gasteiger partial charge in [0.15, 0.2) is 0 Å². The van der Waals surface area contributed by atoms with Gasteiger partial charge in [-0.3, -0.25) is 0 Å². The van der Waals surface area contributed by atoms with Crippen LogP contribution in [-0.2, 0) is 32.3 Å². The van der Waals surface area contributed by atoms with Gasteiger partial charge in [0.2, 0.25) is 20.0 Å². The molecule has 0 amide bonds. The largest absolute Gasteiger partial charge is 0.240 e. The van der Waals surface area contributed by atoms with Crippen LogP contribution in [0.5, 0.6) is 0 Å². The molecule has 0 spiro atoms. The van der Waals surface area contributed by atoms with Gasteiger partial charge < -0.3 is 0 Å². The standard InChI is InChI=1S/C18H24N2O4S2/c1-14(2)20-25(21,22)13-17-7-5-4-6-16(17)12-19-26(23,24)18-10-8-15(3)9-11-18/h4-11,14,19-20H,12-13H2,1-3H3. The maximum absolute atomic E-state index is 12.4. The van der Waals surface area contributed by atoms with Crippen LogP contribution in [0.15, 0.2) is 53.4 Å². The van der Waals surface area contributed by atoms with Crippen LogP contribution in [0.2, 0.25) is 0 Å². The summed E-state index contributed by atoms with van der Waals surface area (Å²) in [7, 11) is -7.16. The van der Waals surface area contributed by atoms with Crippen molar-refractivity contribution in [3.63, 3.8) is 0 Å². The molecule has 0 unspecified atom stereocenters. The van der Waals surface area contributed by atoms with Crippen molar-refractivity contribution in [2.24, 2.45) is 0 Å². The van der Waals surface area contributed by atoms with Crippen molar-refractivity contribution in [2.45, 2.75) is 44.0 Å². The fourth-order valence-electron chi connectivity index (χ4n) is 2.45. The Morgan fingerprint density at radius 3 is 2.04 bits per heavy atom. The van der Waals surface area contributed by atoms with E-state index < -0.39 is 20.0 Å². The molecule has 0 atom stereocenters. The second-order valence-electron chi connectivity index (χ2n) is 6.44. The molecule has 0 aromatic heterocycles. The van der Waals surface area contributed by atoms with Crippen LogP contribution in [-0.4, -0.2) is 22.9 Å². The van der Waals surface area contributed by atoms with Crippen molar-refractivity contribution < 1.29 is 16.8 Å². The first-order valence-electron chi connectivity index (χ1n) is 8.22. The monoisotopic (exact) mass is 396 g/mol. The van der Waals surface area contributed by atoms with Crippen molar-refractivity contribution in [2.75, 3.05) is 0 Å². The van der Waals surface area contributed by atoms with Crippen LogP contribution < -0.4 is 9.44 Å². The van der Waals surface area contributed by atoms with E-state index in [2.05, 4.69) is 9.44 Å². The molecule has 0 saturated carbocycles. The van der Waals surface area contributed by atoms with Gasteiger partial charge in [0.25, 0.3) is 0 Å². The van der Waals surface area contributed by atoms with E-state index in [0.29, 0.717) is 11.1 Å². The number of aryl methyl sites for hydroxylation is 1. The van der Waals surface area contributed by atoms with Gasteiger partial charge in [-0.15, -0.1) is 0 Å². The van der Waals surface area contributed by atoms with E-state index in [-0.39, 0.29) is 23.2 Å². The zero-order chi connectivity index (χ0) is 19.4. The summed E-state index contributed by atoms with van der Waals surface area (Å²) in [4.78, 5) is 0.176. The molecule has 0 aliphatic rings. The molecule has 2 aromatic carbocycles. The second-order valence-corrected chi connectivity index (χ2v) is 9.96. The quantitative estimate of drug-likeness (QED) is 0.716. The molecule has 0 fully saturated rings. The molecule has 0 bridgehead atoms. The summed E-state index contributed by atoms with van der Waals surface area (Å²) in [5.74, 6) is -0.201. The summed E-state index contributed by atoms with van der Waals surface area (Å²) < 4.78 is 54.2. The van der Waals surface area contributed by atoms with Crippen LogP contribution in [0.4, 0.5) is 0 Å². The lowest BCUT2D eigenvalue weighted by atomic mass is 10.1. The van der Waals surface area contributed by atoms with Crippen LogP contribution in [0, 0.1) is 6.92 Å². The summed E-state index contributed by atoms with van der Waals surface area (Å²) in [6, 6.07) is 13.2. The molecular weight excluding hydrogens is 372 g/mol. The molecule has 0 aliphatic heterocycles. The minimum absolute atomic E-state index is 0.0174. The Balaban J connectivity index is 2.17. The van der Waals surface area contributed by atoms with Gasteiger partial charge in [-0.05, 0) is 44.0 Å². The minimum Gasteiger partial charge on any atom is -0.212 e. The topological polar surface area (TPSA) is 92.3 Å². The summed E-state index contributed by atoms with van der Waals surface area (Å²) in [5.41, 5.74) is 2.15. The summed E-state index contributed by atoms with van der Waals surface area (Å²) >= 11 is 0. The van der Waals surface area contributed by atoms with Crippen LogP contribution in [0.1, 0.15) is 30.5 Å². The van der Waals surface area contributed by atoms with Crippen molar-refractivity contribution in [1.82, 2.24) is 9.44 Å². The SMILES string of the molecule is Cc1ccc(S(=O)(=O)NCc2ccccc2CS(=O)(=O)NC(C)C)cc1. The number of hydrogen-bond donors (Lipinski definition) is 2. The highest BCUT2D eigenvalue weighted by Crippen LogP contribution is 2.15. The number of sulfonamides is 2. The van der Waals surface area contributed by atoms with Crippen molar-refractivity contribution >= 4 is 20.0 Å². The van der Waals surface area contributed by atoms with Gasteiger partial charge in [0.05, 0.1) is 10.6 Å². The molecule has 2 N–H and O–H groups in total. The lowest BCUT2D eigenvalue weighted by Gasteiger charge is -2.13. The molecule has 142 valence electrons. The Hall–Kier alpha value is -1.74. The molecule has 2 rings (SSSR count). The first kappa shape index (κ1) is 20.6. The molecule has 6 nitrogen and oxygen atoms in total. The Bertz CT molecular complexity index is 951. The third kappa shape index (κ3) is 5.91. The summed E-state index contributed by atoms with van der Waals surface area (Å²) in [6.07, 6.45) is 0. The molecule has 0 aliphatic carbocycles. The molecular formula is C18H24N2O4S2. The van der Waals surface area contributed by atoms with Gasteiger partial charge in [-0.25, -0.2) is 26.3 Å². The highest BCUT2D eigenvalue weighted by atomic mass is 32.2. The van der Waals surface area contributed by atoms with E-state index in [1.807, 2.05) is 6.92 Å². The number of nitrogens with one attached hydrogen (secondary N) is 2. The number of benzene rings is 2. The highest BCUT2D eigenvalue weighted by molar-refractivity contribution is 7.89. The molecule has 0 heterocycles. The van der Waals surface area contributed by atoms with Crippen LogP contribution >= 0.6 is 0 Å². The van der Waals surface area contributed by atoms with Crippen molar-refractivity contribution in [3.8, 4) is 0 Å². The maximum Gasteiger partial charge on any atom is 0.240 e. The third-order valence-electron chi connectivity index (χ3n) is 3.66. The number of rotatable bonds is 8. The minimum atomic E-state index is -3.67. The third-order valence-corrected chi connectivity index (χ3v) is 6.60. The average Bonchev–Trinajstić information content (AvgIpc) is 2.53. The van der Waals surface area contributed by atoms with E-state index in [1.165, 1.54) is 0 Å². The van der Waals surface area contributed by atoms with Gasteiger partial charge >= 0.3 is 0 Å². The van der Waals surface area contributed by atoms with Crippen molar-refractivity contribution in [1.29, 1.82) is 0 Å². The van der Waals surface area contributed by atoms with Gasteiger partial charge in [0.1, 0.15) is 0 Å². The first-order valence-corrected chi connectivity index (χ1v) is 11.4. The van der Waals surface area contributed by atoms with Gasteiger partial charge in [0, 0.05) is 12.6 Å². The van der Waals surface area contributed by atoms with E-state index >= 15 is 0 Å². The maximum atomic E-state index is 12.4. The lowest BCUT2D eigenvalue weighted by molar-refractivity contribution is 0.568. The van der Waals surface area contributed by atoms with Crippen LogP contribution in [0.25, 0.3) is 0 Å². The Kier molecular flexibility index (Phi) is 6.57. The zero-order valence-electron chi connectivity index (χ0n) is 15.1. The van der Waals surface area contributed by atoms with Gasteiger partial charge in [-0.2, -0.15) is 0 Å². The smallest absolute Gasteiger partial charge is 0.212 e. The van der Waals surface area contributed by atoms with E-state index in [1.54, 1.807) is 62.4 Å². The van der Waals surface area contributed by atoms with Crippen molar-refractivity contribution in [3.05, 3.63) is 65.2 Å². The van der Waals surface area contributed by atoms with Gasteiger partial charge in [-0.1, -0.05) is 42.0 Å². The summed E-state index contributed by atoms with van der Waals surface area (Å²) in [6.45, 7) is 5.40. The Labute approximate surface area is 155 Å². The van der Waals surface area contributed by atoms with E-state index in [9.17, 15) is 16.8 Å². The normalized spacial score (nSPS) is 12.5. The lowest BCUT2D eigenvalue weighted by Crippen LogP contribution is -2.31. The highest BCUT2D eigenvalue weighted by Gasteiger charge is 2.17. The Morgan fingerprint density at radius 1 is 0.885 bits per heavy atom. The van der Waals surface area contributed by atoms with E-state index in [0.717, 1.165) is 5.56 Å². The zero-order valence-corrected chi connectivity index (χ0v) is 16.7. The number of hydrogen-bond acceptors (Lipinski definition) is 4. The fraction of sp³-hybridized carbons (Fsp3) is 0.333. The first-order chi connectivity index (χ1) is 12.1. The Morgan fingerprint density at radius 2 is 1.46 bits per heavy atom. The molecule has 0 radical (unpaired) electrons. The molecule has 8 heteroatoms. The fourth-order valence-corrected chi connectivity index (χ4v) is 4.95. The molecule has 26 heavy (non-hydrogen) atoms. The summed E-state index contributed by atoms with van der Waals surface area (Å²) in [5, 5.41) is 0. The molecule has 0 saturated heterocycles. The van der Waals surface area contributed by atoms with Crippen LogP contribution in [0.3, 0.4) is 0 Å². The predicted octanol–water partition coefficient (Wildman–Crippen LogP) is 2.30. The average molecular weight is 397 g/mol. The van der Waals surface area contributed by atoms with E-state index in [4.69, 9.17) is 0 Å². The second kappa shape index (κ2) is 8.30. The predicted molar refractivity (Wildman–Crippen MR) is 103 cm³/mol. The molecule has 2 aromatic rings.